The molecule has 39 heavy (non-hydrogen) atoms. The van der Waals surface area contributed by atoms with Crippen LogP contribution < -0.4 is 10.1 Å². The summed E-state index contributed by atoms with van der Waals surface area (Å²) in [6.07, 6.45) is 4.27. The van der Waals surface area contributed by atoms with Crippen molar-refractivity contribution in [3.05, 3.63) is 58.7 Å². The summed E-state index contributed by atoms with van der Waals surface area (Å²) >= 11 is 0. The molecule has 0 bridgehead atoms. The van der Waals surface area contributed by atoms with Gasteiger partial charge in [0.2, 0.25) is 5.91 Å². The number of hydrogen-bond donors (Lipinski definition) is 1. The van der Waals surface area contributed by atoms with E-state index in [9.17, 15) is 13.2 Å². The molecule has 2 unspecified atom stereocenters. The van der Waals surface area contributed by atoms with Crippen LogP contribution in [-0.4, -0.2) is 70.8 Å². The Balaban J connectivity index is 1.33. The topological polar surface area (TPSA) is 97.3 Å². The molecule has 2 aromatic carbocycles. The molecule has 2 aromatic rings. The minimum Gasteiger partial charge on any atom is -0.497 e. The second-order valence-electron chi connectivity index (χ2n) is 10.7. The highest BCUT2D eigenvalue weighted by molar-refractivity contribution is 7.92. The van der Waals surface area contributed by atoms with Gasteiger partial charge in [-0.25, -0.2) is 8.42 Å². The number of amides is 1. The summed E-state index contributed by atoms with van der Waals surface area (Å²) in [5.41, 5.74) is 3.47. The molecule has 0 saturated heterocycles. The molecule has 9 heteroatoms. The van der Waals surface area contributed by atoms with Gasteiger partial charge in [0.15, 0.2) is 9.84 Å². The van der Waals surface area contributed by atoms with Gasteiger partial charge in [0.1, 0.15) is 18.2 Å². The second kappa shape index (κ2) is 13.0. The predicted molar refractivity (Wildman–Crippen MR) is 153 cm³/mol. The lowest BCUT2D eigenvalue weighted by Gasteiger charge is -2.32. The first-order chi connectivity index (χ1) is 18.7. The zero-order valence-corrected chi connectivity index (χ0v) is 24.4. The lowest BCUT2D eigenvalue weighted by molar-refractivity contribution is -0.135. The highest BCUT2D eigenvalue weighted by Gasteiger charge is 2.38. The number of aryl methyl sites for hydroxylation is 2. The third-order valence-corrected chi connectivity index (χ3v) is 10.4. The van der Waals surface area contributed by atoms with E-state index in [0.717, 1.165) is 55.7 Å². The van der Waals surface area contributed by atoms with Gasteiger partial charge in [-0.1, -0.05) is 37.1 Å². The molecule has 1 aliphatic heterocycles. The number of aliphatic imine (C=N–C) groups is 1. The summed E-state index contributed by atoms with van der Waals surface area (Å²) in [6.45, 7) is 6.07. The Morgan fingerprint density at radius 1 is 1.08 bits per heavy atom. The number of carbonyl (C=O) groups excluding carboxylic acids is 1. The van der Waals surface area contributed by atoms with Gasteiger partial charge < -0.3 is 19.7 Å². The Bertz CT molecular complexity index is 1270. The van der Waals surface area contributed by atoms with E-state index in [0.29, 0.717) is 34.7 Å². The highest BCUT2D eigenvalue weighted by atomic mass is 32.2. The van der Waals surface area contributed by atoms with Gasteiger partial charge in [0.25, 0.3) is 0 Å². The van der Waals surface area contributed by atoms with Gasteiger partial charge in [0.05, 0.1) is 23.9 Å². The maximum atomic E-state index is 13.8. The van der Waals surface area contributed by atoms with Gasteiger partial charge >= 0.3 is 0 Å². The third-order valence-electron chi connectivity index (χ3n) is 7.72. The molecular weight excluding hydrogens is 514 g/mol. The molecule has 0 aromatic heterocycles. The zero-order chi connectivity index (χ0) is 28.0. The quantitative estimate of drug-likeness (QED) is 0.475. The number of likely N-dealkylation sites (N-methyl/N-ethyl adjacent to an activating group) is 1. The van der Waals surface area contributed by atoms with Crippen molar-refractivity contribution in [2.75, 3.05) is 40.5 Å². The van der Waals surface area contributed by atoms with Gasteiger partial charge in [-0.2, -0.15) is 0 Å². The average Bonchev–Trinajstić information content (AvgIpc) is 2.93. The van der Waals surface area contributed by atoms with Crippen molar-refractivity contribution < 1.29 is 22.7 Å². The monoisotopic (exact) mass is 555 g/mol. The number of nitrogens with one attached hydrogen (secondary N) is 1. The van der Waals surface area contributed by atoms with E-state index in [1.54, 1.807) is 31.2 Å². The van der Waals surface area contributed by atoms with Gasteiger partial charge in [0, 0.05) is 32.2 Å². The second-order valence-corrected chi connectivity index (χ2v) is 12.8. The standard InChI is InChI=1S/C30H41N3O5S/c1-21-16-26(37-4)17-22(2)29(21)39(35,36)27-9-6-5-8-25(27)19-38-20-28(34)33(3)18-23-10-12-24(13-11-23)30-31-14-7-15-32-30/h10-13,16-17,25,27H,5-9,14-15,18-20H2,1-4H3,(H,31,32). The minimum absolute atomic E-state index is 0.0703. The summed E-state index contributed by atoms with van der Waals surface area (Å²) < 4.78 is 38.7. The fourth-order valence-electron chi connectivity index (χ4n) is 5.67. The summed E-state index contributed by atoms with van der Waals surface area (Å²) in [5, 5.41) is 2.80. The minimum atomic E-state index is -3.56. The van der Waals surface area contributed by atoms with Gasteiger partial charge in [-0.05, 0) is 67.9 Å². The summed E-state index contributed by atoms with van der Waals surface area (Å²) in [4.78, 5) is 19.4. The summed E-state index contributed by atoms with van der Waals surface area (Å²) in [5.74, 6) is 1.30. The molecule has 1 amide bonds. The molecule has 0 radical (unpaired) electrons. The number of nitrogens with zero attached hydrogens (tertiary/aromatic N) is 2. The van der Waals surface area contributed by atoms with Crippen LogP contribution >= 0.6 is 0 Å². The first-order valence-electron chi connectivity index (χ1n) is 13.8. The molecule has 2 atom stereocenters. The van der Waals surface area contributed by atoms with Gasteiger partial charge in [-0.3, -0.25) is 9.79 Å². The lowest BCUT2D eigenvalue weighted by atomic mass is 9.89. The molecule has 8 nitrogen and oxygen atoms in total. The number of ether oxygens (including phenoxy) is 2. The van der Waals surface area contributed by atoms with E-state index >= 15 is 0 Å². The van der Waals surface area contributed by atoms with Crippen molar-refractivity contribution in [2.24, 2.45) is 10.9 Å². The van der Waals surface area contributed by atoms with Gasteiger partial charge in [-0.15, -0.1) is 0 Å². The van der Waals surface area contributed by atoms with E-state index in [1.165, 1.54) is 0 Å². The van der Waals surface area contributed by atoms with Crippen molar-refractivity contribution in [1.29, 1.82) is 0 Å². The van der Waals surface area contributed by atoms with Crippen LogP contribution in [0.4, 0.5) is 0 Å². The van der Waals surface area contributed by atoms with E-state index in [2.05, 4.69) is 10.3 Å². The van der Waals surface area contributed by atoms with Crippen LogP contribution in [0.15, 0.2) is 46.3 Å². The SMILES string of the molecule is COc1cc(C)c(S(=O)(=O)C2CCCCC2COCC(=O)N(C)Cc2ccc(C3=NCCCN3)cc2)c(C)c1. The number of rotatable bonds is 10. The van der Waals surface area contributed by atoms with Crippen LogP contribution in [0.3, 0.4) is 0 Å². The van der Waals surface area contributed by atoms with E-state index in [1.807, 2.05) is 38.1 Å². The van der Waals surface area contributed by atoms with Crippen molar-refractivity contribution in [1.82, 2.24) is 10.2 Å². The highest BCUT2D eigenvalue weighted by Crippen LogP contribution is 2.37. The van der Waals surface area contributed by atoms with E-state index in [-0.39, 0.29) is 25.0 Å². The molecular formula is C30H41N3O5S. The normalized spacial score (nSPS) is 19.6. The van der Waals surface area contributed by atoms with Crippen molar-refractivity contribution in [3.63, 3.8) is 0 Å². The summed E-state index contributed by atoms with van der Waals surface area (Å²) in [7, 11) is -0.221. The Labute approximate surface area is 232 Å². The molecule has 1 heterocycles. The first kappa shape index (κ1) is 29.1. The number of carbonyl (C=O) groups is 1. The molecule has 1 aliphatic carbocycles. The van der Waals surface area contributed by atoms with Crippen molar-refractivity contribution in [3.8, 4) is 5.75 Å². The fourth-order valence-corrected chi connectivity index (χ4v) is 8.18. The third kappa shape index (κ3) is 7.00. The number of amidine groups is 1. The van der Waals surface area contributed by atoms with Crippen LogP contribution in [0.5, 0.6) is 5.75 Å². The van der Waals surface area contributed by atoms with Crippen LogP contribution in [0.2, 0.25) is 0 Å². The number of sulfone groups is 1. The molecule has 4 rings (SSSR count). The molecule has 1 N–H and O–H groups in total. The van der Waals surface area contributed by atoms with Crippen LogP contribution in [0.25, 0.3) is 0 Å². The number of methoxy groups -OCH3 is 1. The van der Waals surface area contributed by atoms with Crippen LogP contribution in [0, 0.1) is 19.8 Å². The molecule has 2 aliphatic rings. The summed E-state index contributed by atoms with van der Waals surface area (Å²) in [6, 6.07) is 11.6. The van der Waals surface area contributed by atoms with E-state index < -0.39 is 15.1 Å². The number of benzene rings is 2. The fraction of sp³-hybridized carbons (Fsp3) is 0.533. The predicted octanol–water partition coefficient (Wildman–Crippen LogP) is 4.06. The smallest absolute Gasteiger partial charge is 0.248 e. The van der Waals surface area contributed by atoms with Crippen molar-refractivity contribution in [2.45, 2.75) is 62.6 Å². The molecule has 212 valence electrons. The van der Waals surface area contributed by atoms with E-state index in [4.69, 9.17) is 9.47 Å². The Kier molecular flexibility index (Phi) is 9.67. The maximum Gasteiger partial charge on any atom is 0.248 e. The lowest BCUT2D eigenvalue weighted by Crippen LogP contribution is -2.37. The van der Waals surface area contributed by atoms with Crippen LogP contribution in [0.1, 0.15) is 54.4 Å². The largest absolute Gasteiger partial charge is 0.497 e. The zero-order valence-electron chi connectivity index (χ0n) is 23.5. The average molecular weight is 556 g/mol. The molecule has 1 fully saturated rings. The van der Waals surface area contributed by atoms with Crippen LogP contribution in [-0.2, 0) is 25.9 Å². The maximum absolute atomic E-state index is 13.8. The molecule has 1 saturated carbocycles. The Morgan fingerprint density at radius 2 is 1.77 bits per heavy atom. The molecule has 0 spiro atoms. The Hall–Kier alpha value is -2.91. The van der Waals surface area contributed by atoms with Crippen molar-refractivity contribution >= 4 is 21.6 Å². The Morgan fingerprint density at radius 3 is 2.41 bits per heavy atom. The first-order valence-corrected chi connectivity index (χ1v) is 15.3. The number of hydrogen-bond acceptors (Lipinski definition) is 7.